The molecule has 29 heavy (non-hydrogen) atoms. The molecule has 1 atom stereocenters. The van der Waals surface area contributed by atoms with Crippen molar-refractivity contribution < 1.29 is 0 Å². The van der Waals surface area contributed by atoms with Gasteiger partial charge in [0.1, 0.15) is 0 Å². The van der Waals surface area contributed by atoms with E-state index in [1.54, 1.807) is 0 Å². The molecule has 146 valence electrons. The quantitative estimate of drug-likeness (QED) is 0.404. The van der Waals surface area contributed by atoms with Gasteiger partial charge in [-0.3, -0.25) is 0 Å². The van der Waals surface area contributed by atoms with Crippen molar-refractivity contribution in [1.82, 2.24) is 0 Å². The Bertz CT molecular complexity index is 1020. The molecule has 4 rings (SSSR count). The van der Waals surface area contributed by atoms with Gasteiger partial charge >= 0.3 is 0 Å². The number of allylic oxidation sites excluding steroid dienone is 4. The fraction of sp³-hybridized carbons (Fsp3) is 0.214. The molecule has 0 saturated heterocycles. The minimum atomic E-state index is -0.445. The second kappa shape index (κ2) is 8.52. The van der Waals surface area contributed by atoms with E-state index in [2.05, 4.69) is 113 Å². The smallest absolute Gasteiger partial charge is 0.00316 e. The standard InChI is InChI=1S/C28H29P/c1-20-21(2)23(4)28(22(20)3)27-18-12-11-13-24(27)19-29(25-14-7-5-8-15-25)26-16-9-6-10-17-26/h5-18,22H,19H2,1-4H3. The van der Waals surface area contributed by atoms with Crippen molar-refractivity contribution in [3.63, 3.8) is 0 Å². The van der Waals surface area contributed by atoms with E-state index in [9.17, 15) is 0 Å². The summed E-state index contributed by atoms with van der Waals surface area (Å²) in [5, 5.41) is 2.89. The Labute approximate surface area is 176 Å². The molecule has 0 fully saturated rings. The molecule has 0 heterocycles. The summed E-state index contributed by atoms with van der Waals surface area (Å²) in [6, 6.07) is 31.1. The Balaban J connectivity index is 1.78. The van der Waals surface area contributed by atoms with E-state index in [-0.39, 0.29) is 0 Å². The van der Waals surface area contributed by atoms with Crippen LogP contribution in [0.3, 0.4) is 0 Å². The summed E-state index contributed by atoms with van der Waals surface area (Å²) in [4.78, 5) is 0. The summed E-state index contributed by atoms with van der Waals surface area (Å²) in [7, 11) is -0.445. The summed E-state index contributed by atoms with van der Waals surface area (Å²) in [6.45, 7) is 9.22. The van der Waals surface area contributed by atoms with Gasteiger partial charge in [0.2, 0.25) is 0 Å². The third-order valence-corrected chi connectivity index (χ3v) is 8.91. The minimum Gasteiger partial charge on any atom is -0.0629 e. The second-order valence-corrected chi connectivity index (χ2v) is 10.2. The van der Waals surface area contributed by atoms with Crippen LogP contribution in [0.1, 0.15) is 38.8 Å². The van der Waals surface area contributed by atoms with Gasteiger partial charge in [0.25, 0.3) is 0 Å². The molecule has 1 unspecified atom stereocenters. The Morgan fingerprint density at radius 3 is 1.69 bits per heavy atom. The van der Waals surface area contributed by atoms with Crippen LogP contribution < -0.4 is 10.6 Å². The highest BCUT2D eigenvalue weighted by molar-refractivity contribution is 7.72. The third kappa shape index (κ3) is 3.87. The van der Waals surface area contributed by atoms with Crippen molar-refractivity contribution in [1.29, 1.82) is 0 Å². The fourth-order valence-electron chi connectivity index (χ4n) is 4.44. The summed E-state index contributed by atoms with van der Waals surface area (Å²) in [6.07, 6.45) is 1.07. The van der Waals surface area contributed by atoms with Crippen LogP contribution in [-0.4, -0.2) is 0 Å². The highest BCUT2D eigenvalue weighted by Crippen LogP contribution is 2.46. The Kier molecular flexibility index (Phi) is 5.84. The molecule has 0 bridgehead atoms. The normalized spacial score (nSPS) is 16.8. The molecule has 0 aliphatic heterocycles. The van der Waals surface area contributed by atoms with Gasteiger partial charge in [0, 0.05) is 12.1 Å². The minimum absolute atomic E-state index is 0.445. The first-order valence-electron chi connectivity index (χ1n) is 10.4. The molecule has 3 aromatic carbocycles. The van der Waals surface area contributed by atoms with Crippen molar-refractivity contribution in [3.05, 3.63) is 113 Å². The second-order valence-electron chi connectivity index (χ2n) is 7.98. The first kappa shape index (κ1) is 19.9. The molecule has 1 aliphatic carbocycles. The van der Waals surface area contributed by atoms with Crippen LogP contribution in [0.25, 0.3) is 5.57 Å². The lowest BCUT2D eigenvalue weighted by atomic mass is 9.89. The molecular formula is C28H29P. The van der Waals surface area contributed by atoms with E-state index >= 15 is 0 Å². The third-order valence-electron chi connectivity index (χ3n) is 6.41. The van der Waals surface area contributed by atoms with Crippen LogP contribution in [0.4, 0.5) is 0 Å². The van der Waals surface area contributed by atoms with Crippen LogP contribution in [0.15, 0.2) is 102 Å². The van der Waals surface area contributed by atoms with E-state index in [1.165, 1.54) is 44.0 Å². The summed E-state index contributed by atoms with van der Waals surface area (Å²) < 4.78 is 0. The molecular weight excluding hydrogens is 367 g/mol. The lowest BCUT2D eigenvalue weighted by molar-refractivity contribution is 0.893. The van der Waals surface area contributed by atoms with Gasteiger partial charge in [-0.25, -0.2) is 0 Å². The molecule has 0 amide bonds. The number of benzene rings is 3. The molecule has 0 N–H and O–H groups in total. The predicted octanol–water partition coefficient (Wildman–Crippen LogP) is 7.08. The maximum absolute atomic E-state index is 2.36. The van der Waals surface area contributed by atoms with Gasteiger partial charge in [-0.2, -0.15) is 0 Å². The molecule has 1 aliphatic rings. The summed E-state index contributed by atoms with van der Waals surface area (Å²) in [5.74, 6) is 0.496. The van der Waals surface area contributed by atoms with Gasteiger partial charge < -0.3 is 0 Å². The van der Waals surface area contributed by atoms with Gasteiger partial charge in [-0.05, 0) is 67.1 Å². The summed E-state index contributed by atoms with van der Waals surface area (Å²) >= 11 is 0. The van der Waals surface area contributed by atoms with E-state index in [4.69, 9.17) is 0 Å². The number of rotatable bonds is 5. The van der Waals surface area contributed by atoms with Gasteiger partial charge in [0.15, 0.2) is 0 Å². The van der Waals surface area contributed by atoms with Crippen LogP contribution in [0.5, 0.6) is 0 Å². The van der Waals surface area contributed by atoms with Gasteiger partial charge in [-0.1, -0.05) is 97.4 Å². The van der Waals surface area contributed by atoms with E-state index < -0.39 is 7.92 Å². The topological polar surface area (TPSA) is 0 Å². The Morgan fingerprint density at radius 1 is 0.655 bits per heavy atom. The zero-order valence-corrected chi connectivity index (χ0v) is 18.7. The molecule has 0 aromatic heterocycles. The maximum Gasteiger partial charge on any atom is 0.00316 e. The van der Waals surface area contributed by atoms with E-state index in [0.717, 1.165) is 6.16 Å². The van der Waals surface area contributed by atoms with Gasteiger partial charge in [-0.15, -0.1) is 0 Å². The number of hydrogen-bond donors (Lipinski definition) is 0. The highest BCUT2D eigenvalue weighted by Gasteiger charge is 2.27. The van der Waals surface area contributed by atoms with Crippen molar-refractivity contribution in [3.8, 4) is 0 Å². The van der Waals surface area contributed by atoms with E-state index in [0.29, 0.717) is 5.92 Å². The van der Waals surface area contributed by atoms with Gasteiger partial charge in [0.05, 0.1) is 0 Å². The fourth-order valence-corrected chi connectivity index (χ4v) is 6.78. The Morgan fingerprint density at radius 2 is 1.17 bits per heavy atom. The average molecular weight is 397 g/mol. The highest BCUT2D eigenvalue weighted by atomic mass is 31.1. The largest absolute Gasteiger partial charge is 0.0629 e. The predicted molar refractivity (Wildman–Crippen MR) is 129 cm³/mol. The number of hydrogen-bond acceptors (Lipinski definition) is 0. The van der Waals surface area contributed by atoms with Crippen LogP contribution in [0.2, 0.25) is 0 Å². The van der Waals surface area contributed by atoms with Crippen molar-refractivity contribution >= 4 is 24.1 Å². The molecule has 0 radical (unpaired) electrons. The zero-order valence-electron chi connectivity index (χ0n) is 17.8. The van der Waals surface area contributed by atoms with E-state index in [1.807, 2.05) is 0 Å². The van der Waals surface area contributed by atoms with Crippen LogP contribution in [0, 0.1) is 5.92 Å². The first-order chi connectivity index (χ1) is 14.1. The molecule has 0 nitrogen and oxygen atoms in total. The molecule has 1 heteroatoms. The lowest BCUT2D eigenvalue weighted by Crippen LogP contribution is -2.13. The monoisotopic (exact) mass is 396 g/mol. The first-order valence-corrected chi connectivity index (χ1v) is 11.9. The van der Waals surface area contributed by atoms with Crippen LogP contribution in [-0.2, 0) is 6.16 Å². The van der Waals surface area contributed by atoms with Crippen LogP contribution >= 0.6 is 7.92 Å². The summed E-state index contributed by atoms with van der Waals surface area (Å²) in [5.41, 5.74) is 8.87. The van der Waals surface area contributed by atoms with Crippen molar-refractivity contribution in [2.45, 2.75) is 33.9 Å². The zero-order chi connectivity index (χ0) is 20.4. The average Bonchev–Trinajstić information content (AvgIpc) is 2.96. The molecule has 3 aromatic rings. The van der Waals surface area contributed by atoms with Crippen molar-refractivity contribution in [2.75, 3.05) is 0 Å². The lowest BCUT2D eigenvalue weighted by Gasteiger charge is -2.23. The maximum atomic E-state index is 2.36. The molecule has 0 saturated carbocycles. The Hall–Kier alpha value is -2.43. The SMILES string of the molecule is CC1=C(C)C(C)C(c2ccccc2CP(c2ccccc2)c2ccccc2)=C1C. The molecule has 0 spiro atoms. The van der Waals surface area contributed by atoms with Crippen molar-refractivity contribution in [2.24, 2.45) is 5.92 Å².